The number of amides is 1. The smallest absolute Gasteiger partial charge is 0.334 e. The van der Waals surface area contributed by atoms with Gasteiger partial charge in [-0.25, -0.2) is 0 Å². The van der Waals surface area contributed by atoms with Crippen molar-refractivity contribution >= 4 is 5.91 Å². The Hall–Kier alpha value is -1.56. The van der Waals surface area contributed by atoms with Crippen LogP contribution in [0.15, 0.2) is 30.3 Å². The topological polar surface area (TPSA) is 23.6 Å². The normalized spacial score (nSPS) is 20.3. The van der Waals surface area contributed by atoms with E-state index in [0.717, 1.165) is 23.4 Å². The summed E-state index contributed by atoms with van der Waals surface area (Å²) in [5, 5.41) is 0. The molecular formula is C15H19F3N2O. The summed E-state index contributed by atoms with van der Waals surface area (Å²) in [6.45, 7) is 2.03. The van der Waals surface area contributed by atoms with E-state index < -0.39 is 12.1 Å². The van der Waals surface area contributed by atoms with Gasteiger partial charge in [-0.05, 0) is 24.9 Å². The first-order valence-corrected chi connectivity index (χ1v) is 6.98. The van der Waals surface area contributed by atoms with Gasteiger partial charge in [-0.2, -0.15) is 13.2 Å². The summed E-state index contributed by atoms with van der Waals surface area (Å²) >= 11 is 0. The van der Waals surface area contributed by atoms with E-state index in [1.54, 1.807) is 0 Å². The summed E-state index contributed by atoms with van der Waals surface area (Å²) in [6.07, 6.45) is -3.38. The van der Waals surface area contributed by atoms with Crippen LogP contribution in [0, 0.1) is 0 Å². The highest BCUT2D eigenvalue weighted by atomic mass is 19.4. The van der Waals surface area contributed by atoms with Crippen LogP contribution in [0.3, 0.4) is 0 Å². The number of carbonyl (C=O) groups is 1. The zero-order valence-electron chi connectivity index (χ0n) is 11.9. The van der Waals surface area contributed by atoms with Gasteiger partial charge in [0.2, 0.25) is 0 Å². The Kier molecular flexibility index (Phi) is 4.88. The number of rotatable bonds is 3. The fraction of sp³-hybridized carbons (Fsp3) is 0.533. The first kappa shape index (κ1) is 15.8. The molecule has 1 saturated heterocycles. The minimum Gasteiger partial charge on any atom is -0.334 e. The molecule has 0 N–H and O–H groups in total. The number of hydrogen-bond acceptors (Lipinski definition) is 2. The van der Waals surface area contributed by atoms with Gasteiger partial charge in [0.25, 0.3) is 0 Å². The lowest BCUT2D eigenvalue weighted by atomic mass is 10.0. The van der Waals surface area contributed by atoms with Crippen molar-refractivity contribution in [2.75, 3.05) is 20.1 Å². The summed E-state index contributed by atoms with van der Waals surface area (Å²) in [4.78, 5) is 14.3. The number of nitrogens with zero attached hydrogens (tertiary/aromatic N) is 2. The molecule has 116 valence electrons. The predicted octanol–water partition coefficient (Wildman–Crippen LogP) is 2.67. The van der Waals surface area contributed by atoms with Crippen molar-refractivity contribution in [3.05, 3.63) is 35.9 Å². The monoisotopic (exact) mass is 300 g/mol. The van der Waals surface area contributed by atoms with Crippen LogP contribution in [0.4, 0.5) is 13.2 Å². The van der Waals surface area contributed by atoms with Gasteiger partial charge in [-0.3, -0.25) is 9.69 Å². The van der Waals surface area contributed by atoms with Gasteiger partial charge >= 0.3 is 12.1 Å². The molecular weight excluding hydrogens is 281 g/mol. The van der Waals surface area contributed by atoms with E-state index >= 15 is 0 Å². The molecule has 1 heterocycles. The summed E-state index contributed by atoms with van der Waals surface area (Å²) in [5.74, 6) is -1.76. The molecule has 21 heavy (non-hydrogen) atoms. The predicted molar refractivity (Wildman–Crippen MR) is 73.6 cm³/mol. The Bertz CT molecular complexity index is 476. The molecule has 1 aliphatic rings. The fourth-order valence-corrected chi connectivity index (χ4v) is 2.70. The van der Waals surface area contributed by atoms with E-state index in [-0.39, 0.29) is 6.04 Å². The molecule has 0 aliphatic carbocycles. The van der Waals surface area contributed by atoms with Gasteiger partial charge in [-0.1, -0.05) is 30.3 Å². The average molecular weight is 300 g/mol. The highest BCUT2D eigenvalue weighted by Gasteiger charge is 2.43. The standard InChI is InChI=1S/C15H19F3N2O/c1-19(14(21)15(16,17)18)13-8-5-9-20(11-13)10-12-6-3-2-4-7-12/h2-4,6-7,13H,5,8-11H2,1H3. The minimum absolute atomic E-state index is 0.378. The molecule has 1 aromatic rings. The van der Waals surface area contributed by atoms with Crippen LogP contribution < -0.4 is 0 Å². The maximum absolute atomic E-state index is 12.5. The van der Waals surface area contributed by atoms with Gasteiger partial charge in [0.15, 0.2) is 0 Å². The van der Waals surface area contributed by atoms with Gasteiger partial charge in [0.05, 0.1) is 0 Å². The molecule has 1 atom stereocenters. The van der Waals surface area contributed by atoms with Crippen molar-refractivity contribution in [3.63, 3.8) is 0 Å². The molecule has 0 bridgehead atoms. The lowest BCUT2D eigenvalue weighted by molar-refractivity contribution is -0.187. The molecule has 0 aromatic heterocycles. The quantitative estimate of drug-likeness (QED) is 0.857. The zero-order chi connectivity index (χ0) is 15.5. The third-order valence-electron chi connectivity index (χ3n) is 3.84. The van der Waals surface area contributed by atoms with Gasteiger partial charge in [0.1, 0.15) is 0 Å². The second-order valence-electron chi connectivity index (χ2n) is 5.43. The Labute approximate surface area is 122 Å². The number of carbonyl (C=O) groups excluding carboxylic acids is 1. The van der Waals surface area contributed by atoms with E-state index in [4.69, 9.17) is 0 Å². The Balaban J connectivity index is 1.96. The minimum atomic E-state index is -4.80. The van der Waals surface area contributed by atoms with Crippen LogP contribution in [-0.2, 0) is 11.3 Å². The van der Waals surface area contributed by atoms with Crippen molar-refractivity contribution in [2.24, 2.45) is 0 Å². The number of halogens is 3. The molecule has 1 aromatic carbocycles. The maximum Gasteiger partial charge on any atom is 0.471 e. The third-order valence-corrected chi connectivity index (χ3v) is 3.84. The van der Waals surface area contributed by atoms with Crippen molar-refractivity contribution in [1.29, 1.82) is 0 Å². The maximum atomic E-state index is 12.5. The molecule has 1 amide bonds. The Morgan fingerprint density at radius 1 is 1.33 bits per heavy atom. The lowest BCUT2D eigenvalue weighted by Crippen LogP contribution is -2.51. The highest BCUT2D eigenvalue weighted by molar-refractivity contribution is 5.81. The van der Waals surface area contributed by atoms with Crippen LogP contribution >= 0.6 is 0 Å². The first-order chi connectivity index (χ1) is 9.88. The molecule has 3 nitrogen and oxygen atoms in total. The molecule has 1 aliphatic heterocycles. The highest BCUT2D eigenvalue weighted by Crippen LogP contribution is 2.23. The molecule has 0 spiro atoms. The van der Waals surface area contributed by atoms with Crippen molar-refractivity contribution in [1.82, 2.24) is 9.80 Å². The number of piperidine rings is 1. The van der Waals surface area contributed by atoms with E-state index in [1.807, 2.05) is 30.3 Å². The number of alkyl halides is 3. The largest absolute Gasteiger partial charge is 0.471 e. The number of hydrogen-bond donors (Lipinski definition) is 0. The Morgan fingerprint density at radius 2 is 2.00 bits per heavy atom. The van der Waals surface area contributed by atoms with E-state index in [0.29, 0.717) is 19.5 Å². The van der Waals surface area contributed by atoms with E-state index in [1.165, 1.54) is 7.05 Å². The summed E-state index contributed by atoms with van der Waals surface area (Å²) < 4.78 is 37.5. The fourth-order valence-electron chi connectivity index (χ4n) is 2.70. The summed E-state index contributed by atoms with van der Waals surface area (Å²) in [7, 11) is 1.24. The van der Waals surface area contributed by atoms with Crippen LogP contribution in [0.1, 0.15) is 18.4 Å². The summed E-state index contributed by atoms with van der Waals surface area (Å²) in [5.41, 5.74) is 1.13. The molecule has 1 fully saturated rings. The molecule has 6 heteroatoms. The van der Waals surface area contributed by atoms with Gasteiger partial charge in [0, 0.05) is 26.2 Å². The number of likely N-dealkylation sites (tertiary alicyclic amines) is 1. The van der Waals surface area contributed by atoms with Gasteiger partial charge in [-0.15, -0.1) is 0 Å². The molecule has 0 radical (unpaired) electrons. The number of likely N-dealkylation sites (N-methyl/N-ethyl adjacent to an activating group) is 1. The SMILES string of the molecule is CN(C(=O)C(F)(F)F)C1CCCN(Cc2ccccc2)C1. The zero-order valence-corrected chi connectivity index (χ0v) is 11.9. The molecule has 0 saturated carbocycles. The Morgan fingerprint density at radius 3 is 2.62 bits per heavy atom. The van der Waals surface area contributed by atoms with Crippen LogP contribution in [0.5, 0.6) is 0 Å². The summed E-state index contributed by atoms with van der Waals surface area (Å²) in [6, 6.07) is 9.42. The van der Waals surface area contributed by atoms with Gasteiger partial charge < -0.3 is 4.90 Å². The lowest BCUT2D eigenvalue weighted by Gasteiger charge is -2.37. The van der Waals surface area contributed by atoms with E-state index in [2.05, 4.69) is 4.90 Å². The van der Waals surface area contributed by atoms with E-state index in [9.17, 15) is 18.0 Å². The van der Waals surface area contributed by atoms with Crippen molar-refractivity contribution in [2.45, 2.75) is 31.6 Å². The van der Waals surface area contributed by atoms with Crippen LogP contribution in [0.2, 0.25) is 0 Å². The average Bonchev–Trinajstić information content (AvgIpc) is 2.46. The second kappa shape index (κ2) is 6.47. The first-order valence-electron chi connectivity index (χ1n) is 6.98. The van der Waals surface area contributed by atoms with Crippen molar-refractivity contribution in [3.8, 4) is 0 Å². The second-order valence-corrected chi connectivity index (χ2v) is 5.43. The van der Waals surface area contributed by atoms with Crippen LogP contribution in [0.25, 0.3) is 0 Å². The van der Waals surface area contributed by atoms with Crippen molar-refractivity contribution < 1.29 is 18.0 Å². The number of benzene rings is 1. The van der Waals surface area contributed by atoms with Crippen LogP contribution in [-0.4, -0.2) is 48.1 Å². The molecule has 2 rings (SSSR count). The molecule has 1 unspecified atom stereocenters. The third kappa shape index (κ3) is 4.20.